The minimum atomic E-state index is -3.93. The van der Waals surface area contributed by atoms with Gasteiger partial charge < -0.3 is 0 Å². The predicted molar refractivity (Wildman–Crippen MR) is 71.2 cm³/mol. The van der Waals surface area contributed by atoms with Crippen molar-refractivity contribution in [2.24, 2.45) is 0 Å². The molecule has 0 heterocycles. The Kier molecular flexibility index (Phi) is 5.00. The Hall–Kier alpha value is -1.95. The fourth-order valence-corrected chi connectivity index (χ4v) is 2.43. The Balaban J connectivity index is 2.94. The number of benzene rings is 1. The molecule has 1 aromatic carbocycles. The van der Waals surface area contributed by atoms with Crippen molar-refractivity contribution >= 4 is 21.7 Å². The highest BCUT2D eigenvalue weighted by Gasteiger charge is 2.17. The summed E-state index contributed by atoms with van der Waals surface area (Å²) in [6.07, 6.45) is 1.98. The summed E-state index contributed by atoms with van der Waals surface area (Å²) < 4.78 is 25.8. The van der Waals surface area contributed by atoms with E-state index in [4.69, 9.17) is 0 Å². The molecule has 0 aliphatic carbocycles. The number of amides is 1. The number of carbonyl (C=O) groups is 2. The van der Waals surface area contributed by atoms with Crippen LogP contribution in [0.25, 0.3) is 0 Å². The van der Waals surface area contributed by atoms with Crippen LogP contribution in [0.5, 0.6) is 0 Å². The van der Waals surface area contributed by atoms with Gasteiger partial charge in [-0.1, -0.05) is 18.2 Å². The van der Waals surface area contributed by atoms with Crippen LogP contribution in [-0.4, -0.2) is 20.1 Å². The summed E-state index contributed by atoms with van der Waals surface area (Å²) in [5.41, 5.74) is 0.279. The number of allylic oxidation sites excluding steroid dienone is 1. The molecule has 0 radical (unpaired) electrons. The van der Waals surface area contributed by atoms with E-state index in [1.807, 2.05) is 4.72 Å². The van der Waals surface area contributed by atoms with Crippen LogP contribution in [0.1, 0.15) is 30.1 Å². The van der Waals surface area contributed by atoms with Crippen molar-refractivity contribution in [3.63, 3.8) is 0 Å². The molecular formula is C13H15NO4S. The van der Waals surface area contributed by atoms with Crippen LogP contribution in [0, 0.1) is 0 Å². The van der Waals surface area contributed by atoms with Gasteiger partial charge in [-0.25, -0.2) is 13.1 Å². The summed E-state index contributed by atoms with van der Waals surface area (Å²) in [4.78, 5) is 22.5. The maximum atomic E-state index is 11.9. The Morgan fingerprint density at radius 3 is 2.63 bits per heavy atom. The molecule has 1 aromatic rings. The minimum absolute atomic E-state index is 0.0507. The lowest BCUT2D eigenvalue weighted by atomic mass is 10.2. The summed E-state index contributed by atoms with van der Waals surface area (Å²) >= 11 is 0. The van der Waals surface area contributed by atoms with Gasteiger partial charge in [-0.3, -0.25) is 9.59 Å². The number of Topliss-reactive ketones (excluding diaryl/α,β-unsaturated/α-hetero) is 1. The molecule has 0 bridgehead atoms. The van der Waals surface area contributed by atoms with E-state index in [-0.39, 0.29) is 22.7 Å². The van der Waals surface area contributed by atoms with E-state index < -0.39 is 15.9 Å². The van der Waals surface area contributed by atoms with Gasteiger partial charge in [0.15, 0.2) is 5.78 Å². The number of nitrogens with one attached hydrogen (secondary N) is 1. The molecule has 0 aromatic heterocycles. The van der Waals surface area contributed by atoms with Gasteiger partial charge in [0.25, 0.3) is 10.0 Å². The van der Waals surface area contributed by atoms with E-state index in [0.717, 1.165) is 0 Å². The van der Waals surface area contributed by atoms with E-state index in [2.05, 4.69) is 6.58 Å². The molecule has 0 saturated carbocycles. The highest BCUT2D eigenvalue weighted by molar-refractivity contribution is 7.90. The van der Waals surface area contributed by atoms with E-state index >= 15 is 0 Å². The SMILES string of the molecule is C=CCCC(=O)NS(=O)(=O)c1cccc(C(C)=O)c1. The van der Waals surface area contributed by atoms with E-state index in [9.17, 15) is 18.0 Å². The van der Waals surface area contributed by atoms with Crippen LogP contribution in [0.2, 0.25) is 0 Å². The molecule has 1 amide bonds. The number of ketones is 1. The lowest BCUT2D eigenvalue weighted by Gasteiger charge is -2.07. The average Bonchev–Trinajstić information content (AvgIpc) is 2.36. The van der Waals surface area contributed by atoms with Crippen LogP contribution >= 0.6 is 0 Å². The van der Waals surface area contributed by atoms with Crippen molar-refractivity contribution in [1.82, 2.24) is 4.72 Å². The first-order chi connectivity index (χ1) is 8.86. The molecule has 0 saturated heterocycles. The summed E-state index contributed by atoms with van der Waals surface area (Å²) in [7, 11) is -3.93. The highest BCUT2D eigenvalue weighted by atomic mass is 32.2. The number of hydrogen-bond donors (Lipinski definition) is 1. The van der Waals surface area contributed by atoms with Gasteiger partial charge in [0.05, 0.1) is 4.90 Å². The van der Waals surface area contributed by atoms with E-state index in [1.54, 1.807) is 0 Å². The molecule has 19 heavy (non-hydrogen) atoms. The van der Waals surface area contributed by atoms with Crippen LogP contribution in [0.3, 0.4) is 0 Å². The zero-order valence-corrected chi connectivity index (χ0v) is 11.4. The first-order valence-corrected chi connectivity index (χ1v) is 7.12. The van der Waals surface area contributed by atoms with Crippen molar-refractivity contribution in [3.05, 3.63) is 42.5 Å². The minimum Gasteiger partial charge on any atom is -0.295 e. The third-order valence-electron chi connectivity index (χ3n) is 2.37. The molecule has 6 heteroatoms. The lowest BCUT2D eigenvalue weighted by Crippen LogP contribution is -2.30. The van der Waals surface area contributed by atoms with E-state index in [1.165, 1.54) is 37.3 Å². The summed E-state index contributed by atoms with van der Waals surface area (Å²) in [5, 5.41) is 0. The zero-order chi connectivity index (χ0) is 14.5. The van der Waals surface area contributed by atoms with Crippen molar-refractivity contribution in [1.29, 1.82) is 0 Å². The summed E-state index contributed by atoms with van der Waals surface area (Å²) in [5.74, 6) is -0.844. The van der Waals surface area contributed by atoms with Crippen molar-refractivity contribution in [2.75, 3.05) is 0 Å². The van der Waals surface area contributed by atoms with Gasteiger partial charge in [0.2, 0.25) is 5.91 Å². The number of hydrogen-bond acceptors (Lipinski definition) is 4. The topological polar surface area (TPSA) is 80.3 Å². The molecule has 0 unspecified atom stereocenters. The standard InChI is InChI=1S/C13H15NO4S/c1-3-4-8-13(16)14-19(17,18)12-7-5-6-11(9-12)10(2)15/h3,5-7,9H,1,4,8H2,2H3,(H,14,16). The Labute approximate surface area is 112 Å². The normalized spacial score (nSPS) is 10.8. The lowest BCUT2D eigenvalue weighted by molar-refractivity contribution is -0.119. The van der Waals surface area contributed by atoms with E-state index in [0.29, 0.717) is 6.42 Å². The molecule has 1 N–H and O–H groups in total. The van der Waals surface area contributed by atoms with Crippen LogP contribution in [-0.2, 0) is 14.8 Å². The smallest absolute Gasteiger partial charge is 0.264 e. The summed E-state index contributed by atoms with van der Waals surface area (Å²) in [6, 6.07) is 5.54. The first-order valence-electron chi connectivity index (χ1n) is 5.64. The average molecular weight is 281 g/mol. The van der Waals surface area contributed by atoms with Crippen LogP contribution < -0.4 is 4.72 Å². The number of rotatable bonds is 6. The van der Waals surface area contributed by atoms with Crippen molar-refractivity contribution in [2.45, 2.75) is 24.7 Å². The third kappa shape index (κ3) is 4.33. The Morgan fingerprint density at radius 1 is 1.37 bits per heavy atom. The molecule has 0 atom stereocenters. The molecule has 0 aliphatic rings. The molecule has 0 spiro atoms. The molecule has 1 rings (SSSR count). The van der Waals surface area contributed by atoms with Gasteiger partial charge in [-0.05, 0) is 25.5 Å². The Bertz CT molecular complexity index is 605. The summed E-state index contributed by atoms with van der Waals surface area (Å²) in [6.45, 7) is 4.79. The van der Waals surface area contributed by atoms with Gasteiger partial charge in [0.1, 0.15) is 0 Å². The molecule has 5 nitrogen and oxygen atoms in total. The van der Waals surface area contributed by atoms with Gasteiger partial charge >= 0.3 is 0 Å². The largest absolute Gasteiger partial charge is 0.295 e. The maximum absolute atomic E-state index is 11.9. The molecule has 0 fully saturated rings. The van der Waals surface area contributed by atoms with Crippen molar-refractivity contribution < 1.29 is 18.0 Å². The fourth-order valence-electron chi connectivity index (χ4n) is 1.38. The van der Waals surface area contributed by atoms with Gasteiger partial charge in [-0.2, -0.15) is 0 Å². The zero-order valence-electron chi connectivity index (χ0n) is 10.5. The molecular weight excluding hydrogens is 266 g/mol. The second-order valence-electron chi connectivity index (χ2n) is 3.94. The van der Waals surface area contributed by atoms with Gasteiger partial charge in [0, 0.05) is 12.0 Å². The van der Waals surface area contributed by atoms with Crippen LogP contribution in [0.4, 0.5) is 0 Å². The fraction of sp³-hybridized carbons (Fsp3) is 0.231. The van der Waals surface area contributed by atoms with Crippen molar-refractivity contribution in [3.8, 4) is 0 Å². The predicted octanol–water partition coefficient (Wildman–Crippen LogP) is 1.66. The molecule has 102 valence electrons. The third-order valence-corrected chi connectivity index (χ3v) is 3.75. The Morgan fingerprint density at radius 2 is 2.05 bits per heavy atom. The number of carbonyl (C=O) groups excluding carboxylic acids is 2. The second kappa shape index (κ2) is 6.29. The second-order valence-corrected chi connectivity index (χ2v) is 5.62. The quantitative estimate of drug-likeness (QED) is 0.635. The number of sulfonamides is 1. The first kappa shape index (κ1) is 15.1. The molecule has 0 aliphatic heterocycles. The maximum Gasteiger partial charge on any atom is 0.264 e. The monoisotopic (exact) mass is 281 g/mol. The highest BCUT2D eigenvalue weighted by Crippen LogP contribution is 2.12. The van der Waals surface area contributed by atoms with Crippen LogP contribution in [0.15, 0.2) is 41.8 Å². The van der Waals surface area contributed by atoms with Gasteiger partial charge in [-0.15, -0.1) is 6.58 Å².